The Labute approximate surface area is 179 Å². The van der Waals surface area contributed by atoms with Crippen molar-refractivity contribution in [1.29, 1.82) is 0 Å². The molecule has 158 valence electrons. The number of ether oxygens (including phenoxy) is 1. The molecule has 1 amide bonds. The van der Waals surface area contributed by atoms with Gasteiger partial charge >= 0.3 is 0 Å². The maximum absolute atomic E-state index is 13.6. The van der Waals surface area contributed by atoms with Crippen LogP contribution in [0.15, 0.2) is 77.8 Å². The lowest BCUT2D eigenvalue weighted by molar-refractivity contribution is -0.120. The summed E-state index contributed by atoms with van der Waals surface area (Å²) in [7, 11) is -4.12. The zero-order chi connectivity index (χ0) is 20.7. The van der Waals surface area contributed by atoms with Gasteiger partial charge in [0.05, 0.1) is 6.54 Å². The average molecular weight is 452 g/mol. The minimum absolute atomic E-state index is 0. The predicted molar refractivity (Wildman–Crippen MR) is 111 cm³/mol. The Morgan fingerprint density at radius 3 is 2.53 bits per heavy atom. The fourth-order valence-electron chi connectivity index (χ4n) is 2.41. The highest BCUT2D eigenvalue weighted by Gasteiger charge is 2.19. The number of rotatable bonds is 8. The third-order valence-corrected chi connectivity index (χ3v) is 5.23. The minimum Gasteiger partial charge on any atom is -0.439 e. The zero-order valence-electron chi connectivity index (χ0n) is 15.6. The molecule has 0 fully saturated rings. The van der Waals surface area contributed by atoms with Crippen molar-refractivity contribution in [2.24, 2.45) is 0 Å². The molecule has 10 heteroatoms. The molecule has 0 aliphatic carbocycles. The average Bonchev–Trinajstić information content (AvgIpc) is 2.72. The number of nitrogens with zero attached hydrogens (tertiary/aromatic N) is 1. The normalized spacial score (nSPS) is 10.7. The van der Waals surface area contributed by atoms with Crippen molar-refractivity contribution in [1.82, 2.24) is 15.0 Å². The largest absolute Gasteiger partial charge is 0.439 e. The Morgan fingerprint density at radius 2 is 1.80 bits per heavy atom. The van der Waals surface area contributed by atoms with Crippen LogP contribution in [0.5, 0.6) is 11.6 Å². The standard InChI is InChI=1S/C20H18FN3O4S.ClH/c21-17-8-1-2-9-18(17)29(26,27)24-14-19(25)23-13-15-6-5-7-16(12-15)28-20-10-3-4-11-22-20;/h1-12,24H,13-14H2,(H,23,25);1H. The molecular formula is C20H19ClFN3O4S. The van der Waals surface area contributed by atoms with Gasteiger partial charge in [-0.3, -0.25) is 4.79 Å². The van der Waals surface area contributed by atoms with E-state index in [2.05, 4.69) is 15.0 Å². The quantitative estimate of drug-likeness (QED) is 0.548. The number of hydrogen-bond acceptors (Lipinski definition) is 5. The molecule has 0 unspecified atom stereocenters. The SMILES string of the molecule is Cl.O=C(CNS(=O)(=O)c1ccccc1F)NCc1cccc(Oc2ccccn2)c1. The summed E-state index contributed by atoms with van der Waals surface area (Å²) in [5.74, 6) is -0.446. The number of hydrogen-bond donors (Lipinski definition) is 2. The first-order valence-corrected chi connectivity index (χ1v) is 10.1. The van der Waals surface area contributed by atoms with Crippen molar-refractivity contribution in [3.8, 4) is 11.6 Å². The van der Waals surface area contributed by atoms with Crippen LogP contribution in [0.3, 0.4) is 0 Å². The van der Waals surface area contributed by atoms with Crippen LogP contribution in [0.25, 0.3) is 0 Å². The predicted octanol–water partition coefficient (Wildman–Crippen LogP) is 3.03. The van der Waals surface area contributed by atoms with Gasteiger partial charge in [0.2, 0.25) is 21.8 Å². The van der Waals surface area contributed by atoms with E-state index < -0.39 is 33.2 Å². The van der Waals surface area contributed by atoms with E-state index in [0.29, 0.717) is 11.6 Å². The number of sulfonamides is 1. The second-order valence-electron chi connectivity index (χ2n) is 5.95. The van der Waals surface area contributed by atoms with Gasteiger partial charge in [-0.15, -0.1) is 12.4 Å². The first-order chi connectivity index (χ1) is 13.9. The molecule has 2 N–H and O–H groups in total. The molecule has 0 radical (unpaired) electrons. The molecule has 7 nitrogen and oxygen atoms in total. The molecule has 0 saturated heterocycles. The Kier molecular flexibility index (Phi) is 8.28. The number of halogens is 2. The number of nitrogens with one attached hydrogen (secondary N) is 2. The van der Waals surface area contributed by atoms with E-state index in [1.165, 1.54) is 12.1 Å². The van der Waals surface area contributed by atoms with Crippen molar-refractivity contribution >= 4 is 28.3 Å². The highest BCUT2D eigenvalue weighted by molar-refractivity contribution is 7.89. The Morgan fingerprint density at radius 1 is 1.03 bits per heavy atom. The number of carbonyl (C=O) groups is 1. The van der Waals surface area contributed by atoms with Crippen LogP contribution in [-0.2, 0) is 21.4 Å². The molecule has 3 aromatic rings. The smallest absolute Gasteiger partial charge is 0.243 e. The second kappa shape index (κ2) is 10.7. The van der Waals surface area contributed by atoms with Crippen molar-refractivity contribution in [2.45, 2.75) is 11.4 Å². The van der Waals surface area contributed by atoms with Crippen molar-refractivity contribution in [2.75, 3.05) is 6.54 Å². The Bertz CT molecular complexity index is 1100. The molecule has 0 saturated carbocycles. The van der Waals surface area contributed by atoms with E-state index in [9.17, 15) is 17.6 Å². The lowest BCUT2D eigenvalue weighted by Gasteiger charge is -2.10. The molecule has 0 aliphatic heterocycles. The van der Waals surface area contributed by atoms with Crippen LogP contribution in [0.1, 0.15) is 5.56 Å². The van der Waals surface area contributed by atoms with Crippen LogP contribution in [0, 0.1) is 5.82 Å². The summed E-state index contributed by atoms with van der Waals surface area (Å²) in [6, 6.07) is 17.3. The molecule has 3 rings (SSSR count). The van der Waals surface area contributed by atoms with Crippen LogP contribution in [-0.4, -0.2) is 25.9 Å². The maximum Gasteiger partial charge on any atom is 0.243 e. The van der Waals surface area contributed by atoms with Crippen molar-refractivity contribution < 1.29 is 22.3 Å². The Hall–Kier alpha value is -3.01. The van der Waals surface area contributed by atoms with Crippen LogP contribution in [0.4, 0.5) is 4.39 Å². The molecular weight excluding hydrogens is 433 g/mol. The summed E-state index contributed by atoms with van der Waals surface area (Å²) >= 11 is 0. The molecule has 0 aliphatic rings. The first kappa shape index (κ1) is 23.3. The van der Waals surface area contributed by atoms with Gasteiger partial charge in [0.15, 0.2) is 0 Å². The molecule has 0 atom stereocenters. The molecule has 2 aromatic carbocycles. The summed E-state index contributed by atoms with van der Waals surface area (Å²) in [5.41, 5.74) is 0.753. The minimum atomic E-state index is -4.12. The fourth-order valence-corrected chi connectivity index (χ4v) is 3.47. The molecule has 1 heterocycles. The van der Waals surface area contributed by atoms with Gasteiger partial charge < -0.3 is 10.1 Å². The topological polar surface area (TPSA) is 97.4 Å². The monoisotopic (exact) mass is 451 g/mol. The highest BCUT2D eigenvalue weighted by Crippen LogP contribution is 2.20. The van der Waals surface area contributed by atoms with Gasteiger partial charge in [-0.05, 0) is 35.9 Å². The molecule has 0 bridgehead atoms. The van der Waals surface area contributed by atoms with Gasteiger partial charge in [-0.25, -0.2) is 22.5 Å². The van der Waals surface area contributed by atoms with E-state index in [-0.39, 0.29) is 19.0 Å². The number of carbonyl (C=O) groups excluding carboxylic acids is 1. The van der Waals surface area contributed by atoms with Crippen molar-refractivity contribution in [3.63, 3.8) is 0 Å². The highest BCUT2D eigenvalue weighted by atomic mass is 35.5. The molecule has 0 spiro atoms. The summed E-state index contributed by atoms with van der Waals surface area (Å²) in [4.78, 5) is 15.5. The van der Waals surface area contributed by atoms with E-state index in [4.69, 9.17) is 4.74 Å². The lowest BCUT2D eigenvalue weighted by atomic mass is 10.2. The van der Waals surface area contributed by atoms with Gasteiger partial charge in [-0.2, -0.15) is 0 Å². The first-order valence-electron chi connectivity index (χ1n) is 8.63. The van der Waals surface area contributed by atoms with Crippen molar-refractivity contribution in [3.05, 3.63) is 84.3 Å². The van der Waals surface area contributed by atoms with Crippen LogP contribution in [0.2, 0.25) is 0 Å². The van der Waals surface area contributed by atoms with Gasteiger partial charge in [0, 0.05) is 18.8 Å². The third kappa shape index (κ3) is 6.51. The van der Waals surface area contributed by atoms with Gasteiger partial charge in [0.25, 0.3) is 0 Å². The lowest BCUT2D eigenvalue weighted by Crippen LogP contribution is -2.36. The summed E-state index contributed by atoms with van der Waals surface area (Å²) < 4.78 is 45.5. The van der Waals surface area contributed by atoms with Gasteiger partial charge in [-0.1, -0.05) is 30.3 Å². The molecule has 1 aromatic heterocycles. The van der Waals surface area contributed by atoms with E-state index in [1.807, 2.05) is 0 Å². The summed E-state index contributed by atoms with van der Waals surface area (Å²) in [5, 5.41) is 2.60. The fraction of sp³-hybridized carbons (Fsp3) is 0.100. The zero-order valence-corrected chi connectivity index (χ0v) is 17.3. The summed E-state index contributed by atoms with van der Waals surface area (Å²) in [6.45, 7) is -0.347. The number of pyridine rings is 1. The maximum atomic E-state index is 13.6. The van der Waals surface area contributed by atoms with Crippen LogP contribution >= 0.6 is 12.4 Å². The Balaban J connectivity index is 0.00000320. The van der Waals surface area contributed by atoms with E-state index >= 15 is 0 Å². The van der Waals surface area contributed by atoms with E-state index in [1.54, 1.807) is 48.7 Å². The number of aromatic nitrogens is 1. The van der Waals surface area contributed by atoms with Crippen LogP contribution < -0.4 is 14.8 Å². The second-order valence-corrected chi connectivity index (χ2v) is 7.68. The summed E-state index contributed by atoms with van der Waals surface area (Å²) in [6.07, 6.45) is 1.61. The van der Waals surface area contributed by atoms with E-state index in [0.717, 1.165) is 17.7 Å². The van der Waals surface area contributed by atoms with Gasteiger partial charge in [0.1, 0.15) is 16.5 Å². The number of amides is 1. The molecule has 30 heavy (non-hydrogen) atoms. The number of benzene rings is 2. The third-order valence-electron chi connectivity index (χ3n) is 3.80.